The summed E-state index contributed by atoms with van der Waals surface area (Å²) in [5.74, 6) is 1.52. The molecule has 3 aromatic carbocycles. The minimum Gasteiger partial charge on any atom is -0.299 e. The fourth-order valence-electron chi connectivity index (χ4n) is 5.70. The predicted octanol–water partition coefficient (Wildman–Crippen LogP) is 7.04. The monoisotopic (exact) mass is 438 g/mol. The first-order chi connectivity index (χ1) is 16.2. The molecule has 2 heteroatoms. The van der Waals surface area contributed by atoms with Crippen LogP contribution in [0.25, 0.3) is 0 Å². The first-order valence-corrected chi connectivity index (χ1v) is 12.9. The molecule has 1 atom stereocenters. The third kappa shape index (κ3) is 5.75. The van der Waals surface area contributed by atoms with E-state index < -0.39 is 0 Å². The molecule has 0 N–H and O–H groups in total. The van der Waals surface area contributed by atoms with Gasteiger partial charge in [-0.2, -0.15) is 0 Å². The van der Waals surface area contributed by atoms with Crippen molar-refractivity contribution in [2.24, 2.45) is 5.92 Å². The van der Waals surface area contributed by atoms with Gasteiger partial charge in [-0.3, -0.25) is 9.80 Å². The van der Waals surface area contributed by atoms with Crippen molar-refractivity contribution >= 4 is 0 Å². The topological polar surface area (TPSA) is 6.48 Å². The predicted molar refractivity (Wildman–Crippen MR) is 138 cm³/mol. The van der Waals surface area contributed by atoms with Crippen molar-refractivity contribution in [3.63, 3.8) is 0 Å². The van der Waals surface area contributed by atoms with Crippen molar-refractivity contribution in [1.82, 2.24) is 9.80 Å². The zero-order valence-electron chi connectivity index (χ0n) is 20.1. The highest BCUT2D eigenvalue weighted by atomic mass is 15.2. The normalized spacial score (nSPS) is 21.8. The summed E-state index contributed by atoms with van der Waals surface area (Å²) in [7, 11) is 0. The lowest BCUT2D eigenvalue weighted by atomic mass is 9.71. The van der Waals surface area contributed by atoms with Crippen molar-refractivity contribution in [2.75, 3.05) is 19.6 Å². The summed E-state index contributed by atoms with van der Waals surface area (Å²) >= 11 is 0. The lowest BCUT2D eigenvalue weighted by molar-refractivity contribution is 0.119. The fraction of sp³-hybridized carbons (Fsp3) is 0.419. The van der Waals surface area contributed by atoms with Gasteiger partial charge in [-0.15, -0.1) is 0 Å². The fourth-order valence-corrected chi connectivity index (χ4v) is 5.70. The number of benzene rings is 3. The standard InChI is InChI=1S/C31H38N2/c1-25(29-12-6-3-7-13-29)33(23-26-10-4-2-5-11-26)24-28-20-31(21-28)30-16-14-27(15-17-30)22-32-18-8-9-19-32/h2-7,10-17,25,28,31H,8-9,18-24H2,1H3/t25-,28?,31?/m1/s1. The molecule has 1 heterocycles. The highest BCUT2D eigenvalue weighted by molar-refractivity contribution is 5.27. The second-order valence-corrected chi connectivity index (χ2v) is 10.3. The van der Waals surface area contributed by atoms with Crippen LogP contribution in [0, 0.1) is 5.92 Å². The molecule has 0 radical (unpaired) electrons. The largest absolute Gasteiger partial charge is 0.299 e. The Bertz CT molecular complexity index is 970. The van der Waals surface area contributed by atoms with E-state index in [9.17, 15) is 0 Å². The summed E-state index contributed by atoms with van der Waals surface area (Å²) in [5, 5.41) is 0. The highest BCUT2D eigenvalue weighted by Gasteiger charge is 2.32. The second kappa shape index (κ2) is 10.7. The molecule has 5 rings (SSSR count). The van der Waals surface area contributed by atoms with E-state index in [1.165, 1.54) is 62.0 Å². The Balaban J connectivity index is 1.19. The molecule has 2 fully saturated rings. The molecule has 0 spiro atoms. The Morgan fingerprint density at radius 2 is 1.42 bits per heavy atom. The van der Waals surface area contributed by atoms with Crippen LogP contribution in [0.2, 0.25) is 0 Å². The Hall–Kier alpha value is -2.42. The van der Waals surface area contributed by atoms with Gasteiger partial charge in [-0.1, -0.05) is 84.9 Å². The van der Waals surface area contributed by atoms with Crippen LogP contribution in [0.4, 0.5) is 0 Å². The minimum atomic E-state index is 0.426. The first-order valence-electron chi connectivity index (χ1n) is 12.9. The number of hydrogen-bond donors (Lipinski definition) is 0. The Morgan fingerprint density at radius 3 is 2.09 bits per heavy atom. The molecule has 2 nitrogen and oxygen atoms in total. The molecule has 0 aromatic heterocycles. The van der Waals surface area contributed by atoms with Crippen molar-refractivity contribution in [3.05, 3.63) is 107 Å². The zero-order chi connectivity index (χ0) is 22.5. The molecule has 3 aromatic rings. The smallest absolute Gasteiger partial charge is 0.0323 e. The number of rotatable bonds is 9. The maximum Gasteiger partial charge on any atom is 0.0323 e. The maximum atomic E-state index is 2.69. The summed E-state index contributed by atoms with van der Waals surface area (Å²) in [6, 6.07) is 31.9. The molecule has 1 aliphatic heterocycles. The van der Waals surface area contributed by atoms with Gasteiger partial charge in [0.1, 0.15) is 0 Å². The molecular formula is C31H38N2. The van der Waals surface area contributed by atoms with Gasteiger partial charge in [0.2, 0.25) is 0 Å². The summed E-state index contributed by atoms with van der Waals surface area (Å²) in [4.78, 5) is 5.27. The van der Waals surface area contributed by atoms with Gasteiger partial charge >= 0.3 is 0 Å². The molecule has 1 aliphatic carbocycles. The van der Waals surface area contributed by atoms with E-state index in [0.717, 1.165) is 24.9 Å². The average molecular weight is 439 g/mol. The van der Waals surface area contributed by atoms with E-state index in [2.05, 4.69) is 102 Å². The molecular weight excluding hydrogens is 400 g/mol. The molecule has 33 heavy (non-hydrogen) atoms. The number of hydrogen-bond acceptors (Lipinski definition) is 2. The van der Waals surface area contributed by atoms with E-state index in [4.69, 9.17) is 0 Å². The third-order valence-electron chi connectivity index (χ3n) is 7.84. The van der Waals surface area contributed by atoms with Gasteiger partial charge in [0.15, 0.2) is 0 Å². The first kappa shape index (κ1) is 22.4. The van der Waals surface area contributed by atoms with Crippen molar-refractivity contribution in [2.45, 2.75) is 57.7 Å². The van der Waals surface area contributed by atoms with E-state index in [-0.39, 0.29) is 0 Å². The van der Waals surface area contributed by atoms with Crippen LogP contribution in [0.5, 0.6) is 0 Å². The van der Waals surface area contributed by atoms with E-state index >= 15 is 0 Å². The molecule has 0 unspecified atom stereocenters. The Kier molecular flexibility index (Phi) is 7.24. The van der Waals surface area contributed by atoms with Gasteiger partial charge in [0.05, 0.1) is 0 Å². The van der Waals surface area contributed by atoms with Crippen LogP contribution in [0.1, 0.15) is 66.8 Å². The third-order valence-corrected chi connectivity index (χ3v) is 7.84. The Labute approximate surface area is 200 Å². The van der Waals surface area contributed by atoms with Gasteiger partial charge in [-0.25, -0.2) is 0 Å². The van der Waals surface area contributed by atoms with Crippen LogP contribution in [0.3, 0.4) is 0 Å². The molecule has 1 saturated carbocycles. The van der Waals surface area contributed by atoms with E-state index in [1.54, 1.807) is 5.56 Å². The summed E-state index contributed by atoms with van der Waals surface area (Å²) in [6.07, 6.45) is 5.37. The van der Waals surface area contributed by atoms with Gasteiger partial charge in [0, 0.05) is 25.7 Å². The average Bonchev–Trinajstić information content (AvgIpc) is 3.35. The van der Waals surface area contributed by atoms with E-state index in [1.807, 2.05) is 0 Å². The second-order valence-electron chi connectivity index (χ2n) is 10.3. The SMILES string of the molecule is C[C@H](c1ccccc1)N(Cc1ccccc1)CC1CC(c2ccc(CN3CCCC3)cc2)C1. The van der Waals surface area contributed by atoms with Crippen LogP contribution in [-0.4, -0.2) is 29.4 Å². The van der Waals surface area contributed by atoms with Crippen molar-refractivity contribution in [1.29, 1.82) is 0 Å². The number of likely N-dealkylation sites (tertiary alicyclic amines) is 1. The minimum absolute atomic E-state index is 0.426. The van der Waals surface area contributed by atoms with Crippen LogP contribution < -0.4 is 0 Å². The van der Waals surface area contributed by atoms with Crippen LogP contribution in [0.15, 0.2) is 84.9 Å². The van der Waals surface area contributed by atoms with Crippen LogP contribution >= 0.6 is 0 Å². The van der Waals surface area contributed by atoms with Gasteiger partial charge in [0.25, 0.3) is 0 Å². The van der Waals surface area contributed by atoms with Crippen molar-refractivity contribution in [3.8, 4) is 0 Å². The number of nitrogens with zero attached hydrogens (tertiary/aromatic N) is 2. The maximum absolute atomic E-state index is 2.69. The quantitative estimate of drug-likeness (QED) is 0.353. The molecule has 0 amide bonds. The van der Waals surface area contributed by atoms with E-state index in [0.29, 0.717) is 6.04 Å². The zero-order valence-corrected chi connectivity index (χ0v) is 20.1. The lowest BCUT2D eigenvalue weighted by Gasteiger charge is -2.41. The summed E-state index contributed by atoms with van der Waals surface area (Å²) in [6.45, 7) is 8.23. The van der Waals surface area contributed by atoms with Crippen LogP contribution in [-0.2, 0) is 13.1 Å². The van der Waals surface area contributed by atoms with Crippen molar-refractivity contribution < 1.29 is 0 Å². The molecule has 0 bridgehead atoms. The lowest BCUT2D eigenvalue weighted by Crippen LogP contribution is -2.36. The molecule has 172 valence electrons. The van der Waals surface area contributed by atoms with Gasteiger partial charge in [-0.05, 0) is 79.8 Å². The highest BCUT2D eigenvalue weighted by Crippen LogP contribution is 2.43. The Morgan fingerprint density at radius 1 is 0.788 bits per heavy atom. The molecule has 2 aliphatic rings. The molecule has 1 saturated heterocycles. The summed E-state index contributed by atoms with van der Waals surface area (Å²) in [5.41, 5.74) is 5.84. The summed E-state index contributed by atoms with van der Waals surface area (Å²) < 4.78 is 0. The van der Waals surface area contributed by atoms with Gasteiger partial charge < -0.3 is 0 Å².